The molecule has 142 valence electrons. The fourth-order valence-corrected chi connectivity index (χ4v) is 3.01. The van der Waals surface area contributed by atoms with Crippen LogP contribution in [0, 0.1) is 0 Å². The molecule has 1 heterocycles. The summed E-state index contributed by atoms with van der Waals surface area (Å²) in [6.07, 6.45) is -4.51. The van der Waals surface area contributed by atoms with Crippen molar-refractivity contribution in [2.75, 3.05) is 13.2 Å². The highest BCUT2D eigenvalue weighted by Crippen LogP contribution is 2.31. The van der Waals surface area contributed by atoms with Gasteiger partial charge in [-0.25, -0.2) is 0 Å². The van der Waals surface area contributed by atoms with Gasteiger partial charge >= 0.3 is 12.1 Å². The molecule has 0 spiro atoms. The van der Waals surface area contributed by atoms with Crippen molar-refractivity contribution >= 4 is 11.9 Å². The van der Waals surface area contributed by atoms with Crippen LogP contribution in [0.2, 0.25) is 0 Å². The number of rotatable bonds is 4. The van der Waals surface area contributed by atoms with Gasteiger partial charge in [0.25, 0.3) is 5.91 Å². The van der Waals surface area contributed by atoms with Crippen molar-refractivity contribution in [2.24, 2.45) is 0 Å². The first kappa shape index (κ1) is 18.8. The Kier molecular flexibility index (Phi) is 5.07. The number of carboxylic acid groups (broad SMARTS) is 1. The minimum absolute atomic E-state index is 0.0167. The molecule has 1 amide bonds. The van der Waals surface area contributed by atoms with E-state index in [1.807, 2.05) is 0 Å². The molecule has 1 unspecified atom stereocenters. The van der Waals surface area contributed by atoms with Crippen LogP contribution in [-0.4, -0.2) is 35.0 Å². The van der Waals surface area contributed by atoms with Gasteiger partial charge in [0.1, 0.15) is 5.75 Å². The number of nitrogens with zero attached hydrogens (tertiary/aromatic N) is 1. The molecule has 0 fully saturated rings. The second kappa shape index (κ2) is 7.30. The molecule has 1 N–H and O–H groups in total. The Morgan fingerprint density at radius 1 is 1.15 bits per heavy atom. The lowest BCUT2D eigenvalue weighted by molar-refractivity contribution is -0.142. The Labute approximate surface area is 153 Å². The molecule has 0 saturated carbocycles. The van der Waals surface area contributed by atoms with Gasteiger partial charge in [0, 0.05) is 13.1 Å². The molecule has 0 saturated heterocycles. The Morgan fingerprint density at radius 3 is 2.59 bits per heavy atom. The average molecular weight is 379 g/mol. The molecule has 0 radical (unpaired) electrons. The molecule has 2 aromatic rings. The van der Waals surface area contributed by atoms with Crippen molar-refractivity contribution < 1.29 is 32.6 Å². The van der Waals surface area contributed by atoms with E-state index >= 15 is 0 Å². The van der Waals surface area contributed by atoms with Crippen molar-refractivity contribution in [3.05, 3.63) is 65.2 Å². The predicted octanol–water partition coefficient (Wildman–Crippen LogP) is 3.29. The van der Waals surface area contributed by atoms with Gasteiger partial charge < -0.3 is 14.7 Å². The number of carboxylic acids is 1. The van der Waals surface area contributed by atoms with Crippen molar-refractivity contribution in [1.82, 2.24) is 4.90 Å². The van der Waals surface area contributed by atoms with Crippen LogP contribution in [0.25, 0.3) is 0 Å². The van der Waals surface area contributed by atoms with Gasteiger partial charge in [0.2, 0.25) is 0 Å². The fourth-order valence-electron chi connectivity index (χ4n) is 3.01. The third-order valence-electron chi connectivity index (χ3n) is 4.37. The normalized spacial score (nSPS) is 16.6. The maximum atomic E-state index is 12.7. The van der Waals surface area contributed by atoms with Gasteiger partial charge in [-0.2, -0.15) is 13.2 Å². The number of aliphatic carboxylic acids is 1. The van der Waals surface area contributed by atoms with Crippen LogP contribution in [0.3, 0.4) is 0 Å². The maximum absolute atomic E-state index is 12.7. The van der Waals surface area contributed by atoms with Crippen LogP contribution in [0.1, 0.15) is 22.6 Å². The number of benzene rings is 2. The number of hydrogen-bond acceptors (Lipinski definition) is 3. The van der Waals surface area contributed by atoms with E-state index in [9.17, 15) is 27.9 Å². The number of hydrogen-bond donors (Lipinski definition) is 1. The van der Waals surface area contributed by atoms with Gasteiger partial charge in [0.15, 0.2) is 6.61 Å². The Bertz CT molecular complexity index is 866. The van der Waals surface area contributed by atoms with Gasteiger partial charge in [-0.3, -0.25) is 9.59 Å². The van der Waals surface area contributed by atoms with Crippen molar-refractivity contribution in [3.63, 3.8) is 0 Å². The summed E-state index contributed by atoms with van der Waals surface area (Å²) in [6.45, 7) is -0.266. The van der Waals surface area contributed by atoms with E-state index in [2.05, 4.69) is 0 Å². The van der Waals surface area contributed by atoms with E-state index in [4.69, 9.17) is 4.74 Å². The second-order valence-corrected chi connectivity index (χ2v) is 6.18. The number of amides is 1. The Balaban J connectivity index is 1.70. The fraction of sp³-hybridized carbons (Fsp3) is 0.263. The van der Waals surface area contributed by atoms with Gasteiger partial charge in [-0.1, -0.05) is 30.3 Å². The standard InChI is InChI=1S/C19H16F3NO4/c20-19(21,22)13-5-3-6-14(8-13)27-11-17(24)23-9-12-4-1-2-7-15(12)16(10-23)18(25)26/h1-8,16H,9-11H2,(H,25,26). The van der Waals surface area contributed by atoms with Gasteiger partial charge in [0.05, 0.1) is 11.5 Å². The zero-order chi connectivity index (χ0) is 19.6. The summed E-state index contributed by atoms with van der Waals surface area (Å²) in [5.41, 5.74) is 0.515. The minimum Gasteiger partial charge on any atom is -0.484 e. The van der Waals surface area contributed by atoms with E-state index in [1.165, 1.54) is 17.0 Å². The van der Waals surface area contributed by atoms with E-state index < -0.39 is 36.1 Å². The highest BCUT2D eigenvalue weighted by Gasteiger charge is 2.33. The van der Waals surface area contributed by atoms with E-state index in [-0.39, 0.29) is 18.8 Å². The summed E-state index contributed by atoms with van der Waals surface area (Å²) in [5, 5.41) is 9.42. The van der Waals surface area contributed by atoms with E-state index in [0.717, 1.165) is 17.7 Å². The summed E-state index contributed by atoms with van der Waals surface area (Å²) in [5.74, 6) is -2.47. The predicted molar refractivity (Wildman–Crippen MR) is 89.2 cm³/mol. The first-order valence-corrected chi connectivity index (χ1v) is 8.14. The lowest BCUT2D eigenvalue weighted by atomic mass is 9.90. The summed E-state index contributed by atoms with van der Waals surface area (Å²) < 4.78 is 43.4. The van der Waals surface area contributed by atoms with Crippen LogP contribution < -0.4 is 4.74 Å². The number of halogens is 3. The van der Waals surface area contributed by atoms with Crippen LogP contribution in [-0.2, 0) is 22.3 Å². The van der Waals surface area contributed by atoms with Crippen LogP contribution in [0.15, 0.2) is 48.5 Å². The van der Waals surface area contributed by atoms with Crippen molar-refractivity contribution in [2.45, 2.75) is 18.6 Å². The number of fused-ring (bicyclic) bond motifs is 1. The first-order valence-electron chi connectivity index (χ1n) is 8.14. The smallest absolute Gasteiger partial charge is 0.416 e. The highest BCUT2D eigenvalue weighted by atomic mass is 19.4. The van der Waals surface area contributed by atoms with Crippen molar-refractivity contribution in [1.29, 1.82) is 0 Å². The SMILES string of the molecule is O=C(O)C1CN(C(=O)COc2cccc(C(F)(F)F)c2)Cc2ccccc21. The molecule has 1 aliphatic heterocycles. The summed E-state index contributed by atoms with van der Waals surface area (Å²) in [7, 11) is 0. The molecular formula is C19H16F3NO4. The number of carbonyl (C=O) groups excluding carboxylic acids is 1. The monoisotopic (exact) mass is 379 g/mol. The third-order valence-corrected chi connectivity index (χ3v) is 4.37. The van der Waals surface area contributed by atoms with Crippen LogP contribution in [0.4, 0.5) is 13.2 Å². The summed E-state index contributed by atoms with van der Waals surface area (Å²) >= 11 is 0. The molecule has 3 rings (SSSR count). The third kappa shape index (κ3) is 4.21. The molecule has 0 bridgehead atoms. The van der Waals surface area contributed by atoms with Gasteiger partial charge in [-0.05, 0) is 29.3 Å². The molecule has 2 aromatic carbocycles. The number of carbonyl (C=O) groups is 2. The summed E-state index contributed by atoms with van der Waals surface area (Å²) in [6, 6.07) is 11.2. The first-order chi connectivity index (χ1) is 12.8. The zero-order valence-corrected chi connectivity index (χ0v) is 14.1. The Morgan fingerprint density at radius 2 is 1.89 bits per heavy atom. The largest absolute Gasteiger partial charge is 0.484 e. The van der Waals surface area contributed by atoms with Gasteiger partial charge in [-0.15, -0.1) is 0 Å². The highest BCUT2D eigenvalue weighted by molar-refractivity contribution is 5.82. The molecule has 5 nitrogen and oxygen atoms in total. The van der Waals surface area contributed by atoms with E-state index in [0.29, 0.717) is 5.56 Å². The number of alkyl halides is 3. The average Bonchev–Trinajstić information content (AvgIpc) is 2.64. The lowest BCUT2D eigenvalue weighted by Gasteiger charge is -2.32. The topological polar surface area (TPSA) is 66.8 Å². The van der Waals surface area contributed by atoms with Crippen molar-refractivity contribution in [3.8, 4) is 5.75 Å². The zero-order valence-electron chi connectivity index (χ0n) is 14.1. The summed E-state index contributed by atoms with van der Waals surface area (Å²) in [4.78, 5) is 25.3. The molecular weight excluding hydrogens is 363 g/mol. The van der Waals surface area contributed by atoms with Crippen LogP contribution in [0.5, 0.6) is 5.75 Å². The molecule has 8 heteroatoms. The van der Waals surface area contributed by atoms with Crippen LogP contribution >= 0.6 is 0 Å². The maximum Gasteiger partial charge on any atom is 0.416 e. The quantitative estimate of drug-likeness (QED) is 0.885. The molecule has 1 aliphatic rings. The number of ether oxygens (including phenoxy) is 1. The molecule has 1 atom stereocenters. The van der Waals surface area contributed by atoms with E-state index in [1.54, 1.807) is 24.3 Å². The second-order valence-electron chi connectivity index (χ2n) is 6.18. The molecule has 27 heavy (non-hydrogen) atoms. The molecule has 0 aromatic heterocycles. The Hall–Kier alpha value is -3.03. The lowest BCUT2D eigenvalue weighted by Crippen LogP contribution is -2.42. The minimum atomic E-state index is -4.51. The molecule has 0 aliphatic carbocycles.